The minimum atomic E-state index is -0.0222. The van der Waals surface area contributed by atoms with E-state index in [1.165, 1.54) is 23.0 Å². The molecular formula is C29H33N5OS. The van der Waals surface area contributed by atoms with Crippen LogP contribution < -0.4 is 10.2 Å². The van der Waals surface area contributed by atoms with Gasteiger partial charge in [-0.1, -0.05) is 61.2 Å². The molecule has 0 bridgehead atoms. The third-order valence-corrected chi connectivity index (χ3v) is 7.73. The molecule has 1 fully saturated rings. The SMILES string of the molecule is CCN1CCN(c2ccc(NC(=O)CSc3nc4ccccc4n3CCc3ccccc3)cc2)CC1. The minimum Gasteiger partial charge on any atom is -0.369 e. The smallest absolute Gasteiger partial charge is 0.234 e. The standard InChI is InChI=1S/C29H33N5OS/c1-2-32-18-20-33(21-19-32)25-14-12-24(13-15-25)30-28(35)22-36-29-31-26-10-6-7-11-27(26)34(29)17-16-23-8-4-3-5-9-23/h3-15H,2,16-22H2,1H3,(H,30,35). The van der Waals surface area contributed by atoms with Crippen molar-refractivity contribution in [3.8, 4) is 0 Å². The lowest BCUT2D eigenvalue weighted by molar-refractivity contribution is -0.113. The molecule has 5 rings (SSSR count). The van der Waals surface area contributed by atoms with Gasteiger partial charge in [-0.15, -0.1) is 0 Å². The summed E-state index contributed by atoms with van der Waals surface area (Å²) in [6.07, 6.45) is 0.917. The minimum absolute atomic E-state index is 0.0222. The number of rotatable bonds is 9. The number of para-hydroxylation sites is 2. The number of benzene rings is 3. The quantitative estimate of drug-likeness (QED) is 0.323. The largest absolute Gasteiger partial charge is 0.369 e. The predicted octanol–water partition coefficient (Wildman–Crippen LogP) is 5.15. The van der Waals surface area contributed by atoms with E-state index in [4.69, 9.17) is 4.98 Å². The van der Waals surface area contributed by atoms with Crippen molar-refractivity contribution in [2.75, 3.05) is 48.7 Å². The highest BCUT2D eigenvalue weighted by Gasteiger charge is 2.16. The molecule has 2 heterocycles. The van der Waals surface area contributed by atoms with E-state index in [1.807, 2.05) is 36.4 Å². The molecule has 0 spiro atoms. The highest BCUT2D eigenvalue weighted by Crippen LogP contribution is 2.25. The number of aryl methyl sites for hydroxylation is 2. The normalized spacial score (nSPS) is 14.3. The van der Waals surface area contributed by atoms with E-state index in [1.54, 1.807) is 0 Å². The highest BCUT2D eigenvalue weighted by molar-refractivity contribution is 7.99. The third kappa shape index (κ3) is 5.91. The predicted molar refractivity (Wildman–Crippen MR) is 150 cm³/mol. The summed E-state index contributed by atoms with van der Waals surface area (Å²) in [4.78, 5) is 22.5. The fourth-order valence-corrected chi connectivity index (χ4v) is 5.51. The monoisotopic (exact) mass is 499 g/mol. The van der Waals surface area contributed by atoms with E-state index in [0.717, 1.165) is 67.6 Å². The molecule has 186 valence electrons. The Bertz CT molecular complexity index is 1280. The van der Waals surface area contributed by atoms with Gasteiger partial charge < -0.3 is 19.7 Å². The van der Waals surface area contributed by atoms with Crippen molar-refractivity contribution in [1.29, 1.82) is 0 Å². The summed E-state index contributed by atoms with van der Waals surface area (Å²) in [6, 6.07) is 26.9. The van der Waals surface area contributed by atoms with Gasteiger partial charge in [0.15, 0.2) is 5.16 Å². The first-order valence-corrected chi connectivity index (χ1v) is 13.7. The Kier molecular flexibility index (Phi) is 7.88. The lowest BCUT2D eigenvalue weighted by atomic mass is 10.1. The van der Waals surface area contributed by atoms with Crippen molar-refractivity contribution in [2.45, 2.75) is 25.0 Å². The van der Waals surface area contributed by atoms with Crippen molar-refractivity contribution in [2.24, 2.45) is 0 Å². The summed E-state index contributed by atoms with van der Waals surface area (Å²) in [5, 5.41) is 3.92. The van der Waals surface area contributed by atoms with Crippen LogP contribution in [0.1, 0.15) is 12.5 Å². The van der Waals surface area contributed by atoms with Gasteiger partial charge in [-0.2, -0.15) is 0 Å². The summed E-state index contributed by atoms with van der Waals surface area (Å²) in [7, 11) is 0. The molecule has 36 heavy (non-hydrogen) atoms. The van der Waals surface area contributed by atoms with Crippen LogP contribution in [0.3, 0.4) is 0 Å². The number of carbonyl (C=O) groups excluding carboxylic acids is 1. The van der Waals surface area contributed by atoms with Crippen LogP contribution >= 0.6 is 11.8 Å². The second-order valence-electron chi connectivity index (χ2n) is 9.08. The molecule has 0 radical (unpaired) electrons. The molecule has 7 heteroatoms. The van der Waals surface area contributed by atoms with Gasteiger partial charge in [0.25, 0.3) is 0 Å². The van der Waals surface area contributed by atoms with Crippen molar-refractivity contribution >= 4 is 40.1 Å². The molecule has 3 aromatic carbocycles. The number of hydrogen-bond acceptors (Lipinski definition) is 5. The summed E-state index contributed by atoms with van der Waals surface area (Å²) >= 11 is 1.49. The van der Waals surface area contributed by atoms with Crippen LogP contribution in [0.4, 0.5) is 11.4 Å². The molecule has 0 aliphatic carbocycles. The first-order chi connectivity index (χ1) is 17.7. The Morgan fingerprint density at radius 2 is 1.64 bits per heavy atom. The molecule has 4 aromatic rings. The average molecular weight is 500 g/mol. The Morgan fingerprint density at radius 3 is 2.39 bits per heavy atom. The number of anilines is 2. The van der Waals surface area contributed by atoms with Crippen molar-refractivity contribution in [3.63, 3.8) is 0 Å². The molecule has 0 unspecified atom stereocenters. The number of nitrogens with zero attached hydrogens (tertiary/aromatic N) is 4. The van der Waals surface area contributed by atoms with Gasteiger partial charge in [0.05, 0.1) is 16.8 Å². The van der Waals surface area contributed by atoms with Gasteiger partial charge in [-0.3, -0.25) is 4.79 Å². The summed E-state index contributed by atoms with van der Waals surface area (Å²) in [6.45, 7) is 8.43. The molecule has 1 amide bonds. The molecule has 6 nitrogen and oxygen atoms in total. The number of nitrogens with one attached hydrogen (secondary N) is 1. The lowest BCUT2D eigenvalue weighted by Crippen LogP contribution is -2.46. The van der Waals surface area contributed by atoms with Gasteiger partial charge in [0.2, 0.25) is 5.91 Å². The molecule has 0 saturated carbocycles. The number of likely N-dealkylation sites (N-methyl/N-ethyl adjacent to an activating group) is 1. The zero-order chi connectivity index (χ0) is 24.7. The van der Waals surface area contributed by atoms with Crippen LogP contribution in [-0.4, -0.2) is 58.8 Å². The molecule has 1 aromatic heterocycles. The molecule has 1 aliphatic rings. The van der Waals surface area contributed by atoms with Gasteiger partial charge in [-0.25, -0.2) is 4.98 Å². The Balaban J connectivity index is 1.19. The van der Waals surface area contributed by atoms with E-state index >= 15 is 0 Å². The fourth-order valence-electron chi connectivity index (χ4n) is 4.67. The van der Waals surface area contributed by atoms with Gasteiger partial charge >= 0.3 is 0 Å². The topological polar surface area (TPSA) is 53.4 Å². The van der Waals surface area contributed by atoms with E-state index < -0.39 is 0 Å². The zero-order valence-electron chi connectivity index (χ0n) is 20.8. The maximum Gasteiger partial charge on any atom is 0.234 e. The van der Waals surface area contributed by atoms with Crippen LogP contribution in [0.5, 0.6) is 0 Å². The number of aromatic nitrogens is 2. The first-order valence-electron chi connectivity index (χ1n) is 12.7. The molecule has 1 aliphatic heterocycles. The lowest BCUT2D eigenvalue weighted by Gasteiger charge is -2.35. The van der Waals surface area contributed by atoms with Crippen molar-refractivity contribution < 1.29 is 4.79 Å². The first kappa shape index (κ1) is 24.4. The van der Waals surface area contributed by atoms with Crippen LogP contribution in [0.2, 0.25) is 0 Å². The van der Waals surface area contributed by atoms with Crippen molar-refractivity contribution in [1.82, 2.24) is 14.5 Å². The van der Waals surface area contributed by atoms with Crippen LogP contribution in [-0.2, 0) is 17.8 Å². The Labute approximate surface area is 217 Å². The number of fused-ring (bicyclic) bond motifs is 1. The highest BCUT2D eigenvalue weighted by atomic mass is 32.2. The molecule has 0 atom stereocenters. The van der Waals surface area contributed by atoms with E-state index in [0.29, 0.717) is 5.75 Å². The molecular weight excluding hydrogens is 466 g/mol. The zero-order valence-corrected chi connectivity index (χ0v) is 21.6. The Hall–Kier alpha value is -3.29. The van der Waals surface area contributed by atoms with Gasteiger partial charge in [-0.05, 0) is 54.9 Å². The van der Waals surface area contributed by atoms with E-state index in [-0.39, 0.29) is 5.91 Å². The van der Waals surface area contributed by atoms with Crippen molar-refractivity contribution in [3.05, 3.63) is 84.4 Å². The van der Waals surface area contributed by atoms with Crippen LogP contribution in [0.15, 0.2) is 84.0 Å². The van der Waals surface area contributed by atoms with Crippen LogP contribution in [0.25, 0.3) is 11.0 Å². The van der Waals surface area contributed by atoms with Crippen LogP contribution in [0, 0.1) is 0 Å². The summed E-state index contributed by atoms with van der Waals surface area (Å²) in [5.74, 6) is 0.293. The second kappa shape index (κ2) is 11.6. The van der Waals surface area contributed by atoms with Gasteiger partial charge in [0, 0.05) is 44.1 Å². The number of imidazole rings is 1. The third-order valence-electron chi connectivity index (χ3n) is 6.75. The van der Waals surface area contributed by atoms with E-state index in [2.05, 4.69) is 69.1 Å². The summed E-state index contributed by atoms with van der Waals surface area (Å²) < 4.78 is 2.23. The second-order valence-corrected chi connectivity index (χ2v) is 10.0. The summed E-state index contributed by atoms with van der Waals surface area (Å²) in [5.41, 5.74) is 5.40. The Morgan fingerprint density at radius 1 is 0.917 bits per heavy atom. The average Bonchev–Trinajstić information content (AvgIpc) is 3.29. The van der Waals surface area contributed by atoms with E-state index in [9.17, 15) is 4.79 Å². The molecule has 1 saturated heterocycles. The number of carbonyl (C=O) groups is 1. The number of amides is 1. The maximum absolute atomic E-state index is 12.8. The van der Waals surface area contributed by atoms with Gasteiger partial charge in [0.1, 0.15) is 0 Å². The fraction of sp³-hybridized carbons (Fsp3) is 0.310. The number of hydrogen-bond donors (Lipinski definition) is 1. The number of piperazine rings is 1. The molecule has 1 N–H and O–H groups in total. The maximum atomic E-state index is 12.8. The number of thioether (sulfide) groups is 1.